The molecule has 8 heteroatoms. The van der Waals surface area contributed by atoms with E-state index in [0.717, 1.165) is 17.3 Å². The number of anilines is 1. The summed E-state index contributed by atoms with van der Waals surface area (Å²) in [7, 11) is 1.65. The molecule has 2 aromatic heterocycles. The van der Waals surface area contributed by atoms with Gasteiger partial charge in [-0.05, 0) is 24.1 Å². The Kier molecular flexibility index (Phi) is 5.61. The Balaban J connectivity index is 1.65. The predicted molar refractivity (Wildman–Crippen MR) is 111 cm³/mol. The van der Waals surface area contributed by atoms with Gasteiger partial charge in [0.2, 0.25) is 5.95 Å². The number of hydrogen-bond acceptors (Lipinski definition) is 6. The lowest BCUT2D eigenvalue weighted by atomic mass is 10.0. The summed E-state index contributed by atoms with van der Waals surface area (Å²) in [5.74, 6) is -0.0649. The fraction of sp³-hybridized carbons (Fsp3) is 0.318. The second-order valence-electron chi connectivity index (χ2n) is 7.34. The van der Waals surface area contributed by atoms with E-state index in [-0.39, 0.29) is 22.9 Å². The number of aliphatic hydroxyl groups is 1. The molecule has 3 aromatic rings. The van der Waals surface area contributed by atoms with Gasteiger partial charge >= 0.3 is 0 Å². The van der Waals surface area contributed by atoms with Crippen molar-refractivity contribution in [1.82, 2.24) is 14.5 Å². The standard InChI is InChI=1S/C22H23FN4O3/c1-14(28)15-3-5-16(6-4-15)20-13-27(9-10-30-20)22-25-19(11-21(29)26(22)2)17-7-8-24-12-18(17)23/h3-8,11-12,14,20,28H,9-10,13H2,1-2H3/t14?,20-/m1/s1. The third kappa shape index (κ3) is 3.96. The Morgan fingerprint density at radius 2 is 2.03 bits per heavy atom. The predicted octanol–water partition coefficient (Wildman–Crippen LogP) is 2.61. The van der Waals surface area contributed by atoms with Crippen LogP contribution in [0, 0.1) is 5.82 Å². The number of pyridine rings is 1. The van der Waals surface area contributed by atoms with Gasteiger partial charge in [-0.15, -0.1) is 0 Å². The highest BCUT2D eigenvalue weighted by molar-refractivity contribution is 5.60. The molecule has 2 atom stereocenters. The number of benzene rings is 1. The molecule has 1 aliphatic heterocycles. The van der Waals surface area contributed by atoms with Crippen molar-refractivity contribution in [2.24, 2.45) is 7.05 Å². The lowest BCUT2D eigenvalue weighted by Gasteiger charge is -2.34. The van der Waals surface area contributed by atoms with Crippen LogP contribution in [0.4, 0.5) is 10.3 Å². The minimum atomic E-state index is -0.530. The molecular weight excluding hydrogens is 387 g/mol. The first kappa shape index (κ1) is 20.2. The Bertz CT molecular complexity index is 1100. The Morgan fingerprint density at radius 1 is 1.27 bits per heavy atom. The molecule has 0 bridgehead atoms. The lowest BCUT2D eigenvalue weighted by Crippen LogP contribution is -2.41. The number of halogens is 1. The quantitative estimate of drug-likeness (QED) is 0.712. The van der Waals surface area contributed by atoms with Gasteiger partial charge in [-0.3, -0.25) is 14.3 Å². The maximum atomic E-state index is 14.2. The Labute approximate surface area is 173 Å². The van der Waals surface area contributed by atoms with E-state index >= 15 is 0 Å². The first-order valence-electron chi connectivity index (χ1n) is 9.76. The summed E-state index contributed by atoms with van der Waals surface area (Å²) in [4.78, 5) is 22.9. The van der Waals surface area contributed by atoms with Crippen LogP contribution >= 0.6 is 0 Å². The van der Waals surface area contributed by atoms with E-state index in [1.807, 2.05) is 29.2 Å². The fourth-order valence-corrected chi connectivity index (χ4v) is 3.55. The third-order valence-electron chi connectivity index (χ3n) is 5.30. The highest BCUT2D eigenvalue weighted by Crippen LogP contribution is 2.27. The van der Waals surface area contributed by atoms with Crippen molar-refractivity contribution in [3.05, 3.63) is 76.1 Å². The number of morpholine rings is 1. The first-order chi connectivity index (χ1) is 14.4. The molecule has 1 unspecified atom stereocenters. The van der Waals surface area contributed by atoms with Gasteiger partial charge in [0, 0.05) is 31.4 Å². The molecule has 0 amide bonds. The van der Waals surface area contributed by atoms with E-state index in [2.05, 4.69) is 9.97 Å². The molecule has 7 nitrogen and oxygen atoms in total. The minimum absolute atomic E-state index is 0.208. The van der Waals surface area contributed by atoms with Crippen molar-refractivity contribution < 1.29 is 14.2 Å². The molecule has 1 aliphatic rings. The number of rotatable bonds is 4. The second-order valence-corrected chi connectivity index (χ2v) is 7.34. The first-order valence-corrected chi connectivity index (χ1v) is 9.76. The summed E-state index contributed by atoms with van der Waals surface area (Å²) in [6.45, 7) is 3.24. The van der Waals surface area contributed by atoms with Gasteiger partial charge in [0.05, 0.1) is 31.1 Å². The number of nitrogens with zero attached hydrogens (tertiary/aromatic N) is 4. The zero-order valence-corrected chi connectivity index (χ0v) is 16.8. The summed E-state index contributed by atoms with van der Waals surface area (Å²) in [5, 5.41) is 9.70. The van der Waals surface area contributed by atoms with Crippen LogP contribution in [-0.2, 0) is 11.8 Å². The fourth-order valence-electron chi connectivity index (χ4n) is 3.55. The number of hydrogen-bond donors (Lipinski definition) is 1. The Morgan fingerprint density at radius 3 is 2.73 bits per heavy atom. The molecule has 156 valence electrons. The molecular formula is C22H23FN4O3. The summed E-state index contributed by atoms with van der Waals surface area (Å²) in [5.41, 5.74) is 2.06. The van der Waals surface area contributed by atoms with E-state index in [0.29, 0.717) is 25.6 Å². The highest BCUT2D eigenvalue weighted by Gasteiger charge is 2.25. The molecule has 0 spiro atoms. The lowest BCUT2D eigenvalue weighted by molar-refractivity contribution is 0.0389. The van der Waals surface area contributed by atoms with Crippen LogP contribution in [0.2, 0.25) is 0 Å². The average Bonchev–Trinajstić information content (AvgIpc) is 2.76. The zero-order valence-electron chi connectivity index (χ0n) is 16.8. The van der Waals surface area contributed by atoms with Crippen LogP contribution in [0.5, 0.6) is 0 Å². The summed E-state index contributed by atoms with van der Waals surface area (Å²) in [6, 6.07) is 10.5. The van der Waals surface area contributed by atoms with Gasteiger partial charge in [0.15, 0.2) is 5.82 Å². The SMILES string of the molecule is CC(O)c1ccc([C@H]2CN(c3nc(-c4ccncc4F)cc(=O)n3C)CCO2)cc1. The van der Waals surface area contributed by atoms with Crippen molar-refractivity contribution in [2.75, 3.05) is 24.6 Å². The van der Waals surface area contributed by atoms with Gasteiger partial charge in [-0.1, -0.05) is 24.3 Å². The molecule has 0 saturated carbocycles. The summed E-state index contributed by atoms with van der Waals surface area (Å²) >= 11 is 0. The minimum Gasteiger partial charge on any atom is -0.389 e. The van der Waals surface area contributed by atoms with Crippen molar-refractivity contribution in [3.8, 4) is 11.3 Å². The molecule has 0 aliphatic carbocycles. The van der Waals surface area contributed by atoms with Crippen LogP contribution in [0.1, 0.15) is 30.3 Å². The van der Waals surface area contributed by atoms with Gasteiger partial charge < -0.3 is 14.7 Å². The van der Waals surface area contributed by atoms with Crippen molar-refractivity contribution in [2.45, 2.75) is 19.1 Å². The van der Waals surface area contributed by atoms with Gasteiger partial charge in [-0.25, -0.2) is 9.37 Å². The Hall–Kier alpha value is -3.10. The van der Waals surface area contributed by atoms with E-state index in [9.17, 15) is 14.3 Å². The van der Waals surface area contributed by atoms with E-state index in [1.54, 1.807) is 14.0 Å². The van der Waals surface area contributed by atoms with Gasteiger partial charge in [0.1, 0.15) is 6.10 Å². The molecule has 1 saturated heterocycles. The van der Waals surface area contributed by atoms with E-state index < -0.39 is 11.9 Å². The van der Waals surface area contributed by atoms with Gasteiger partial charge in [-0.2, -0.15) is 0 Å². The highest BCUT2D eigenvalue weighted by atomic mass is 19.1. The third-order valence-corrected chi connectivity index (χ3v) is 5.30. The van der Waals surface area contributed by atoms with E-state index in [1.165, 1.54) is 22.9 Å². The van der Waals surface area contributed by atoms with Crippen LogP contribution in [-0.4, -0.2) is 39.3 Å². The summed E-state index contributed by atoms with van der Waals surface area (Å²) in [6.07, 6.45) is 1.84. The molecule has 1 aromatic carbocycles. The molecule has 4 rings (SSSR count). The normalized spacial score (nSPS) is 17.7. The van der Waals surface area contributed by atoms with Crippen molar-refractivity contribution >= 4 is 5.95 Å². The number of ether oxygens (including phenoxy) is 1. The average molecular weight is 410 g/mol. The zero-order chi connectivity index (χ0) is 21.3. The topological polar surface area (TPSA) is 80.5 Å². The maximum Gasteiger partial charge on any atom is 0.255 e. The molecule has 1 N–H and O–H groups in total. The number of aliphatic hydroxyl groups excluding tert-OH is 1. The van der Waals surface area contributed by atoms with Crippen LogP contribution in [0.25, 0.3) is 11.3 Å². The largest absolute Gasteiger partial charge is 0.389 e. The monoisotopic (exact) mass is 410 g/mol. The summed E-state index contributed by atoms with van der Waals surface area (Å²) < 4.78 is 21.6. The van der Waals surface area contributed by atoms with Crippen LogP contribution in [0.15, 0.2) is 53.6 Å². The van der Waals surface area contributed by atoms with Crippen LogP contribution in [0.3, 0.4) is 0 Å². The van der Waals surface area contributed by atoms with Crippen molar-refractivity contribution in [3.63, 3.8) is 0 Å². The molecule has 0 radical (unpaired) electrons. The molecule has 30 heavy (non-hydrogen) atoms. The van der Waals surface area contributed by atoms with Crippen LogP contribution < -0.4 is 10.5 Å². The van der Waals surface area contributed by atoms with E-state index in [4.69, 9.17) is 4.74 Å². The molecule has 1 fully saturated rings. The molecule has 3 heterocycles. The maximum absolute atomic E-state index is 14.2. The van der Waals surface area contributed by atoms with Gasteiger partial charge in [0.25, 0.3) is 5.56 Å². The smallest absolute Gasteiger partial charge is 0.255 e. The second kappa shape index (κ2) is 8.33. The van der Waals surface area contributed by atoms with Crippen molar-refractivity contribution in [1.29, 1.82) is 0 Å². The number of aromatic nitrogens is 3.